The summed E-state index contributed by atoms with van der Waals surface area (Å²) in [5, 5.41) is 3.47. The molecule has 0 radical (unpaired) electrons. The van der Waals surface area contributed by atoms with Gasteiger partial charge >= 0.3 is 11.9 Å². The van der Waals surface area contributed by atoms with Gasteiger partial charge in [-0.05, 0) is 49.5 Å². The largest absolute Gasteiger partial charge is 0.469 e. The van der Waals surface area contributed by atoms with E-state index in [1.807, 2.05) is 0 Å². The first-order valence-corrected chi connectivity index (χ1v) is 11.2. The summed E-state index contributed by atoms with van der Waals surface area (Å²) >= 11 is 1.49. The van der Waals surface area contributed by atoms with Crippen molar-refractivity contribution >= 4 is 34.2 Å². The summed E-state index contributed by atoms with van der Waals surface area (Å²) in [6.45, 7) is 8.88. The van der Waals surface area contributed by atoms with Crippen molar-refractivity contribution < 1.29 is 23.9 Å². The molecule has 1 unspecified atom stereocenters. The number of carbonyl (C=O) groups is 3. The molecule has 162 valence electrons. The Hall–Kier alpha value is -1.89. The third kappa shape index (κ3) is 5.81. The molecule has 1 aliphatic rings. The zero-order valence-electron chi connectivity index (χ0n) is 18.2. The van der Waals surface area contributed by atoms with Crippen molar-refractivity contribution in [1.82, 2.24) is 0 Å². The van der Waals surface area contributed by atoms with Crippen LogP contribution in [-0.2, 0) is 31.9 Å². The zero-order chi connectivity index (χ0) is 21.6. The molecule has 0 bridgehead atoms. The maximum absolute atomic E-state index is 12.6. The Morgan fingerprint density at radius 2 is 1.93 bits per heavy atom. The van der Waals surface area contributed by atoms with E-state index in [1.54, 1.807) is 6.92 Å². The number of thiophene rings is 1. The van der Waals surface area contributed by atoms with Crippen LogP contribution in [0.2, 0.25) is 0 Å². The summed E-state index contributed by atoms with van der Waals surface area (Å²) in [7, 11) is 1.33. The highest BCUT2D eigenvalue weighted by atomic mass is 32.1. The van der Waals surface area contributed by atoms with Crippen LogP contribution in [0.5, 0.6) is 0 Å². The van der Waals surface area contributed by atoms with Gasteiger partial charge in [0.25, 0.3) is 0 Å². The summed E-state index contributed by atoms with van der Waals surface area (Å²) < 4.78 is 9.87. The molecular weight excluding hydrogens is 390 g/mol. The minimum atomic E-state index is -0.372. The van der Waals surface area contributed by atoms with E-state index in [2.05, 4.69) is 30.8 Å². The third-order valence-corrected chi connectivity index (χ3v) is 7.20. The molecule has 0 aromatic carbocycles. The van der Waals surface area contributed by atoms with Crippen LogP contribution < -0.4 is 5.32 Å². The summed E-state index contributed by atoms with van der Waals surface area (Å²) in [6.07, 6.45) is 4.69. The third-order valence-electron chi connectivity index (χ3n) is 6.03. The van der Waals surface area contributed by atoms with E-state index in [9.17, 15) is 14.4 Å². The highest BCUT2D eigenvalue weighted by Gasteiger charge is 2.35. The maximum atomic E-state index is 12.6. The second-order valence-corrected chi connectivity index (χ2v) is 9.29. The molecule has 1 atom stereocenters. The van der Waals surface area contributed by atoms with Crippen LogP contribution in [0.4, 0.5) is 5.00 Å². The molecule has 6 nitrogen and oxygen atoms in total. The highest BCUT2D eigenvalue weighted by Crippen LogP contribution is 2.45. The van der Waals surface area contributed by atoms with Gasteiger partial charge in [-0.15, -0.1) is 11.3 Å². The number of anilines is 1. The number of hydrogen-bond donors (Lipinski definition) is 1. The Morgan fingerprint density at radius 1 is 1.21 bits per heavy atom. The lowest BCUT2D eigenvalue weighted by Crippen LogP contribution is -2.28. The van der Waals surface area contributed by atoms with Crippen LogP contribution in [0.3, 0.4) is 0 Å². The minimum Gasteiger partial charge on any atom is -0.469 e. The van der Waals surface area contributed by atoms with Gasteiger partial charge in [0.1, 0.15) is 5.00 Å². The molecule has 29 heavy (non-hydrogen) atoms. The smallest absolute Gasteiger partial charge is 0.341 e. The quantitative estimate of drug-likeness (QED) is 0.580. The molecule has 1 amide bonds. The summed E-state index contributed by atoms with van der Waals surface area (Å²) in [4.78, 5) is 37.4. The second kappa shape index (κ2) is 10.2. The van der Waals surface area contributed by atoms with Crippen molar-refractivity contribution in [3.63, 3.8) is 0 Å². The highest BCUT2D eigenvalue weighted by molar-refractivity contribution is 7.17. The maximum Gasteiger partial charge on any atom is 0.341 e. The van der Waals surface area contributed by atoms with Gasteiger partial charge in [-0.3, -0.25) is 9.59 Å². The first kappa shape index (κ1) is 23.4. The lowest BCUT2D eigenvalue weighted by molar-refractivity contribution is -0.140. The second-order valence-electron chi connectivity index (χ2n) is 8.19. The van der Waals surface area contributed by atoms with Gasteiger partial charge in [0.15, 0.2) is 0 Å². The number of carbonyl (C=O) groups excluding carboxylic acids is 3. The fourth-order valence-corrected chi connectivity index (χ4v) is 5.07. The fourth-order valence-electron chi connectivity index (χ4n) is 3.73. The van der Waals surface area contributed by atoms with E-state index in [4.69, 9.17) is 4.74 Å². The minimum absolute atomic E-state index is 0.198. The number of rotatable bonds is 9. The monoisotopic (exact) mass is 423 g/mol. The number of hydrogen-bond acceptors (Lipinski definition) is 6. The first-order valence-electron chi connectivity index (χ1n) is 10.4. The summed E-state index contributed by atoms with van der Waals surface area (Å²) in [5.41, 5.74) is 1.78. The number of fused-ring (bicyclic) bond motifs is 1. The van der Waals surface area contributed by atoms with Crippen LogP contribution >= 0.6 is 11.3 Å². The van der Waals surface area contributed by atoms with Gasteiger partial charge in [0.2, 0.25) is 5.91 Å². The van der Waals surface area contributed by atoms with Crippen molar-refractivity contribution in [1.29, 1.82) is 0 Å². The molecule has 0 fully saturated rings. The molecule has 1 aromatic heterocycles. The number of amides is 1. The predicted octanol–water partition coefficient (Wildman–Crippen LogP) is 4.75. The Bertz CT molecular complexity index is 753. The van der Waals surface area contributed by atoms with Crippen molar-refractivity contribution in [3.8, 4) is 0 Å². The Balaban J connectivity index is 2.20. The Morgan fingerprint density at radius 3 is 2.55 bits per heavy atom. The molecule has 1 heterocycles. The summed E-state index contributed by atoms with van der Waals surface area (Å²) in [6, 6.07) is 0. The van der Waals surface area contributed by atoms with Crippen LogP contribution in [0.15, 0.2) is 0 Å². The molecule has 0 saturated heterocycles. The lowest BCUT2D eigenvalue weighted by Gasteiger charge is -2.36. The van der Waals surface area contributed by atoms with Crippen molar-refractivity contribution in [2.24, 2.45) is 11.3 Å². The molecule has 0 saturated carbocycles. The molecule has 7 heteroatoms. The molecular formula is C22H33NO5S. The molecule has 2 rings (SSSR count). The van der Waals surface area contributed by atoms with Crippen LogP contribution in [0.1, 0.15) is 80.6 Å². The van der Waals surface area contributed by atoms with E-state index in [1.165, 1.54) is 23.3 Å². The Labute approximate surface area is 177 Å². The fraction of sp³-hybridized carbons (Fsp3) is 0.682. The Kier molecular flexibility index (Phi) is 8.25. The van der Waals surface area contributed by atoms with E-state index < -0.39 is 0 Å². The molecule has 1 aromatic rings. The number of nitrogens with one attached hydrogen (secondary N) is 1. The van der Waals surface area contributed by atoms with Crippen LogP contribution in [0, 0.1) is 11.3 Å². The zero-order valence-corrected chi connectivity index (χ0v) is 19.0. The van der Waals surface area contributed by atoms with Gasteiger partial charge in [-0.2, -0.15) is 0 Å². The van der Waals surface area contributed by atoms with Crippen molar-refractivity contribution in [2.75, 3.05) is 19.0 Å². The number of esters is 2. The average Bonchev–Trinajstić information content (AvgIpc) is 3.04. The van der Waals surface area contributed by atoms with E-state index in [-0.39, 0.29) is 36.1 Å². The average molecular weight is 424 g/mol. The molecule has 1 aliphatic carbocycles. The van der Waals surface area contributed by atoms with E-state index in [0.717, 1.165) is 31.2 Å². The standard InChI is InChI=1S/C22H33NO5S/c1-6-22(3,4)14-11-12-15-16(13-14)29-20(19(15)21(26)28-7-2)23-17(24)9-8-10-18(25)27-5/h14H,6-13H2,1-5H3,(H,23,24). The molecule has 1 N–H and O–H groups in total. The summed E-state index contributed by atoms with van der Waals surface area (Å²) in [5.74, 6) is -0.356. The number of ether oxygens (including phenoxy) is 2. The molecule has 0 aliphatic heterocycles. The van der Waals surface area contributed by atoms with E-state index in [0.29, 0.717) is 29.5 Å². The first-order chi connectivity index (χ1) is 13.7. The van der Waals surface area contributed by atoms with Gasteiger partial charge in [0.05, 0.1) is 19.3 Å². The van der Waals surface area contributed by atoms with Crippen molar-refractivity contribution in [3.05, 3.63) is 16.0 Å². The van der Waals surface area contributed by atoms with Gasteiger partial charge in [-0.25, -0.2) is 4.79 Å². The predicted molar refractivity (Wildman–Crippen MR) is 114 cm³/mol. The normalized spacial score (nSPS) is 16.1. The van der Waals surface area contributed by atoms with E-state index >= 15 is 0 Å². The SMILES string of the molecule is CCOC(=O)c1c(NC(=O)CCCC(=O)OC)sc2c1CCC(C(C)(C)CC)C2. The molecule has 0 spiro atoms. The van der Waals surface area contributed by atoms with Crippen LogP contribution in [-0.4, -0.2) is 31.6 Å². The lowest BCUT2D eigenvalue weighted by atomic mass is 9.69. The number of methoxy groups -OCH3 is 1. The van der Waals surface area contributed by atoms with Crippen molar-refractivity contribution in [2.45, 2.75) is 72.6 Å². The van der Waals surface area contributed by atoms with Crippen LogP contribution in [0.25, 0.3) is 0 Å². The van der Waals surface area contributed by atoms with Gasteiger partial charge < -0.3 is 14.8 Å². The van der Waals surface area contributed by atoms with Gasteiger partial charge in [0, 0.05) is 17.7 Å². The van der Waals surface area contributed by atoms with Gasteiger partial charge in [-0.1, -0.05) is 27.2 Å². The topological polar surface area (TPSA) is 81.7 Å².